The number of carboxylic acids is 1. The second-order valence-electron chi connectivity index (χ2n) is 4.94. The van der Waals surface area contributed by atoms with Crippen molar-refractivity contribution in [1.29, 1.82) is 0 Å². The van der Waals surface area contributed by atoms with E-state index in [2.05, 4.69) is 20.9 Å². The van der Waals surface area contributed by atoms with Crippen LogP contribution in [0.4, 0.5) is 0 Å². The van der Waals surface area contributed by atoms with E-state index in [-0.39, 0.29) is 0 Å². The molecule has 1 N–H and O–H groups in total. The molecule has 0 spiro atoms. The van der Waals surface area contributed by atoms with Gasteiger partial charge in [-0.3, -0.25) is 9.78 Å². The van der Waals surface area contributed by atoms with E-state index in [1.807, 2.05) is 44.2 Å². The van der Waals surface area contributed by atoms with Crippen molar-refractivity contribution in [2.45, 2.75) is 26.2 Å². The predicted octanol–water partition coefficient (Wildman–Crippen LogP) is 3.87. The Morgan fingerprint density at radius 2 is 2.10 bits per heavy atom. The average molecular weight is 334 g/mol. The van der Waals surface area contributed by atoms with Gasteiger partial charge < -0.3 is 5.11 Å². The van der Waals surface area contributed by atoms with Crippen LogP contribution in [0.5, 0.6) is 0 Å². The molecule has 0 radical (unpaired) electrons. The first-order chi connectivity index (χ1) is 9.47. The van der Waals surface area contributed by atoms with Crippen LogP contribution in [0.2, 0.25) is 0 Å². The Labute approximate surface area is 126 Å². The number of pyridine rings is 1. The Hall–Kier alpha value is -1.68. The van der Waals surface area contributed by atoms with E-state index in [1.54, 1.807) is 6.20 Å². The van der Waals surface area contributed by atoms with Crippen LogP contribution in [0.15, 0.2) is 41.0 Å². The fraction of sp³-hybridized carbons (Fsp3) is 0.250. The van der Waals surface area contributed by atoms with Crippen molar-refractivity contribution in [3.8, 4) is 0 Å². The van der Waals surface area contributed by atoms with E-state index in [4.69, 9.17) is 0 Å². The molecule has 1 aromatic carbocycles. The van der Waals surface area contributed by atoms with Gasteiger partial charge in [-0.1, -0.05) is 29.8 Å². The lowest BCUT2D eigenvalue weighted by Gasteiger charge is -2.13. The van der Waals surface area contributed by atoms with E-state index < -0.39 is 11.9 Å². The fourth-order valence-electron chi connectivity index (χ4n) is 2.14. The van der Waals surface area contributed by atoms with Gasteiger partial charge in [-0.2, -0.15) is 0 Å². The number of hydrogen-bond donors (Lipinski definition) is 1. The van der Waals surface area contributed by atoms with Crippen LogP contribution < -0.4 is 0 Å². The molecule has 0 saturated carbocycles. The van der Waals surface area contributed by atoms with Crippen molar-refractivity contribution >= 4 is 21.9 Å². The van der Waals surface area contributed by atoms with E-state index in [9.17, 15) is 9.90 Å². The van der Waals surface area contributed by atoms with Crippen LogP contribution in [0.3, 0.4) is 0 Å². The summed E-state index contributed by atoms with van der Waals surface area (Å²) in [5.41, 5.74) is 3.73. The summed E-state index contributed by atoms with van der Waals surface area (Å²) in [4.78, 5) is 15.8. The molecule has 2 aromatic rings. The maximum Gasteiger partial charge on any atom is 0.312 e. The number of aromatic nitrogens is 1. The lowest BCUT2D eigenvalue weighted by Crippen LogP contribution is -2.16. The molecule has 0 aliphatic rings. The zero-order valence-electron chi connectivity index (χ0n) is 11.4. The Kier molecular flexibility index (Phi) is 4.55. The van der Waals surface area contributed by atoms with E-state index >= 15 is 0 Å². The summed E-state index contributed by atoms with van der Waals surface area (Å²) in [6.45, 7) is 3.93. The van der Waals surface area contributed by atoms with Gasteiger partial charge in [-0.25, -0.2) is 0 Å². The number of aryl methyl sites for hydroxylation is 2. The number of halogens is 1. The van der Waals surface area contributed by atoms with Gasteiger partial charge in [-0.05, 0) is 53.4 Å². The molecule has 20 heavy (non-hydrogen) atoms. The lowest BCUT2D eigenvalue weighted by atomic mass is 9.94. The highest BCUT2D eigenvalue weighted by Crippen LogP contribution is 2.24. The maximum absolute atomic E-state index is 11.5. The molecule has 0 bridgehead atoms. The highest BCUT2D eigenvalue weighted by Gasteiger charge is 2.22. The molecule has 1 atom stereocenters. The van der Waals surface area contributed by atoms with Crippen LogP contribution in [0, 0.1) is 13.8 Å². The molecular formula is C16H16BrNO2. The number of nitrogens with zero attached hydrogens (tertiary/aromatic N) is 1. The normalized spacial score (nSPS) is 12.2. The first-order valence-electron chi connectivity index (χ1n) is 6.38. The monoisotopic (exact) mass is 333 g/mol. The molecule has 1 aromatic heterocycles. The van der Waals surface area contributed by atoms with Crippen molar-refractivity contribution in [2.24, 2.45) is 0 Å². The van der Waals surface area contributed by atoms with Gasteiger partial charge in [-0.15, -0.1) is 0 Å². The largest absolute Gasteiger partial charge is 0.481 e. The molecular weight excluding hydrogens is 318 g/mol. The topological polar surface area (TPSA) is 50.2 Å². The van der Waals surface area contributed by atoms with Gasteiger partial charge in [0.2, 0.25) is 0 Å². The molecule has 1 unspecified atom stereocenters. The zero-order chi connectivity index (χ0) is 14.7. The molecule has 3 nitrogen and oxygen atoms in total. The average Bonchev–Trinajstić information content (AvgIpc) is 2.39. The van der Waals surface area contributed by atoms with Gasteiger partial charge in [0.15, 0.2) is 0 Å². The molecule has 2 rings (SSSR count). The minimum absolute atomic E-state index is 0.449. The van der Waals surface area contributed by atoms with Crippen molar-refractivity contribution in [3.05, 3.63) is 63.4 Å². The Morgan fingerprint density at radius 1 is 1.35 bits per heavy atom. The van der Waals surface area contributed by atoms with Gasteiger partial charge >= 0.3 is 5.97 Å². The summed E-state index contributed by atoms with van der Waals surface area (Å²) >= 11 is 3.38. The molecule has 0 aliphatic carbocycles. The summed E-state index contributed by atoms with van der Waals surface area (Å²) < 4.78 is 0.890. The van der Waals surface area contributed by atoms with Crippen molar-refractivity contribution in [2.75, 3.05) is 0 Å². The van der Waals surface area contributed by atoms with Crippen LogP contribution in [-0.4, -0.2) is 16.1 Å². The zero-order valence-corrected chi connectivity index (χ0v) is 13.0. The molecule has 0 saturated heterocycles. The third-order valence-corrected chi connectivity index (χ3v) is 4.08. The summed E-state index contributed by atoms with van der Waals surface area (Å²) in [6.07, 6.45) is 2.11. The number of rotatable bonds is 4. The second kappa shape index (κ2) is 6.18. The fourth-order valence-corrected chi connectivity index (χ4v) is 2.36. The van der Waals surface area contributed by atoms with E-state index in [0.29, 0.717) is 12.1 Å². The minimum atomic E-state index is -0.847. The number of carbonyl (C=O) groups is 1. The molecule has 0 aliphatic heterocycles. The standard InChI is InChI=1S/C16H16BrNO2/c1-10-4-3-5-12(6-10)8-13(16(19)20)15-7-11(2)14(17)9-18-15/h3-7,9,13H,8H2,1-2H3,(H,19,20). The van der Waals surface area contributed by atoms with Crippen molar-refractivity contribution < 1.29 is 9.90 Å². The smallest absolute Gasteiger partial charge is 0.312 e. The van der Waals surface area contributed by atoms with Gasteiger partial charge in [0.1, 0.15) is 5.92 Å². The lowest BCUT2D eigenvalue weighted by molar-refractivity contribution is -0.138. The summed E-state index contributed by atoms with van der Waals surface area (Å²) in [5, 5.41) is 9.47. The van der Waals surface area contributed by atoms with Gasteiger partial charge in [0.25, 0.3) is 0 Å². The SMILES string of the molecule is Cc1cccc(CC(C(=O)O)c2cc(C)c(Br)cn2)c1. The van der Waals surface area contributed by atoms with Crippen LogP contribution in [0.25, 0.3) is 0 Å². The summed E-state index contributed by atoms with van der Waals surface area (Å²) in [6, 6.07) is 9.75. The first-order valence-corrected chi connectivity index (χ1v) is 7.17. The third-order valence-electron chi connectivity index (χ3n) is 3.25. The van der Waals surface area contributed by atoms with Gasteiger partial charge in [0, 0.05) is 10.7 Å². The Morgan fingerprint density at radius 3 is 2.70 bits per heavy atom. The first kappa shape index (κ1) is 14.7. The molecule has 0 amide bonds. The van der Waals surface area contributed by atoms with Crippen LogP contribution in [-0.2, 0) is 11.2 Å². The molecule has 104 valence electrons. The van der Waals surface area contributed by atoms with Crippen LogP contribution in [0.1, 0.15) is 28.3 Å². The minimum Gasteiger partial charge on any atom is -0.481 e. The maximum atomic E-state index is 11.5. The van der Waals surface area contributed by atoms with E-state index in [1.165, 1.54) is 0 Å². The highest BCUT2D eigenvalue weighted by atomic mass is 79.9. The third kappa shape index (κ3) is 3.45. The van der Waals surface area contributed by atoms with Gasteiger partial charge in [0.05, 0.1) is 5.69 Å². The van der Waals surface area contributed by atoms with Crippen LogP contribution >= 0.6 is 15.9 Å². The number of benzene rings is 1. The highest BCUT2D eigenvalue weighted by molar-refractivity contribution is 9.10. The quantitative estimate of drug-likeness (QED) is 0.923. The summed E-state index contributed by atoms with van der Waals surface area (Å²) in [7, 11) is 0. The van der Waals surface area contributed by atoms with E-state index in [0.717, 1.165) is 21.2 Å². The molecule has 0 fully saturated rings. The summed E-state index contributed by atoms with van der Waals surface area (Å²) in [5.74, 6) is -1.47. The number of carboxylic acid groups (broad SMARTS) is 1. The predicted molar refractivity (Wildman–Crippen MR) is 81.9 cm³/mol. The Bertz CT molecular complexity index is 640. The van der Waals surface area contributed by atoms with Crippen molar-refractivity contribution in [1.82, 2.24) is 4.98 Å². The second-order valence-corrected chi connectivity index (χ2v) is 5.80. The van der Waals surface area contributed by atoms with Crippen molar-refractivity contribution in [3.63, 3.8) is 0 Å². The Balaban J connectivity index is 2.32. The number of hydrogen-bond acceptors (Lipinski definition) is 2. The number of aliphatic carboxylic acids is 1. The molecule has 1 heterocycles. The molecule has 4 heteroatoms.